The Morgan fingerprint density at radius 2 is 2.16 bits per heavy atom. The molecule has 0 bridgehead atoms. The highest BCUT2D eigenvalue weighted by Crippen LogP contribution is 2.23. The van der Waals surface area contributed by atoms with E-state index in [1.54, 1.807) is 0 Å². The van der Waals surface area contributed by atoms with Gasteiger partial charge in [0.1, 0.15) is 11.6 Å². The van der Waals surface area contributed by atoms with Gasteiger partial charge in [0.15, 0.2) is 0 Å². The molecule has 0 radical (unpaired) electrons. The molecule has 2 rings (SSSR count). The van der Waals surface area contributed by atoms with Crippen molar-refractivity contribution in [3.8, 4) is 0 Å². The van der Waals surface area contributed by atoms with E-state index in [1.807, 2.05) is 6.07 Å². The third-order valence-electron chi connectivity index (χ3n) is 3.33. The molecule has 1 N–H and O–H groups in total. The second-order valence-corrected chi connectivity index (χ2v) is 4.96. The average molecular weight is 263 g/mol. The van der Waals surface area contributed by atoms with E-state index in [0.717, 1.165) is 42.9 Å². The summed E-state index contributed by atoms with van der Waals surface area (Å²) in [6.45, 7) is 9.17. The van der Waals surface area contributed by atoms with Crippen LogP contribution in [-0.4, -0.2) is 22.6 Å². The van der Waals surface area contributed by atoms with Gasteiger partial charge in [-0.15, -0.1) is 0 Å². The number of hydrogen-bond acceptors (Lipinski definition) is 2. The molecule has 1 aromatic carbocycles. The Labute approximate surface area is 113 Å². The molecule has 2 aromatic rings. The standard InChI is InChI=1S/C15H22FN3/c1-4-8-19-14-7-6-12(16)9-13(14)18-15(19)11(3)10-17-5-2/h6-7,9,11,17H,4-5,8,10H2,1-3H3. The maximum Gasteiger partial charge on any atom is 0.125 e. The van der Waals surface area contributed by atoms with E-state index in [9.17, 15) is 4.39 Å². The van der Waals surface area contributed by atoms with Gasteiger partial charge in [0.05, 0.1) is 11.0 Å². The fourth-order valence-electron chi connectivity index (χ4n) is 2.41. The molecule has 0 fully saturated rings. The Balaban J connectivity index is 2.43. The van der Waals surface area contributed by atoms with Crippen LogP contribution in [0.5, 0.6) is 0 Å². The zero-order chi connectivity index (χ0) is 13.8. The van der Waals surface area contributed by atoms with Crippen LogP contribution in [-0.2, 0) is 6.54 Å². The molecule has 0 saturated carbocycles. The molecule has 3 nitrogen and oxygen atoms in total. The molecular weight excluding hydrogens is 241 g/mol. The number of aryl methyl sites for hydroxylation is 1. The molecule has 19 heavy (non-hydrogen) atoms. The van der Waals surface area contributed by atoms with Crippen LogP contribution in [0.15, 0.2) is 18.2 Å². The Morgan fingerprint density at radius 1 is 1.37 bits per heavy atom. The van der Waals surface area contributed by atoms with E-state index in [1.165, 1.54) is 12.1 Å². The quantitative estimate of drug-likeness (QED) is 0.866. The van der Waals surface area contributed by atoms with Crippen molar-refractivity contribution in [2.45, 2.75) is 39.7 Å². The minimum absolute atomic E-state index is 0.223. The van der Waals surface area contributed by atoms with E-state index in [4.69, 9.17) is 0 Å². The van der Waals surface area contributed by atoms with Crippen molar-refractivity contribution in [3.05, 3.63) is 29.8 Å². The van der Waals surface area contributed by atoms with Crippen molar-refractivity contribution < 1.29 is 4.39 Å². The number of benzene rings is 1. The summed E-state index contributed by atoms with van der Waals surface area (Å²) in [6.07, 6.45) is 1.05. The van der Waals surface area contributed by atoms with Crippen LogP contribution in [0.3, 0.4) is 0 Å². The van der Waals surface area contributed by atoms with Crippen LogP contribution in [0, 0.1) is 5.82 Å². The molecule has 0 aliphatic rings. The van der Waals surface area contributed by atoms with Gasteiger partial charge >= 0.3 is 0 Å². The minimum Gasteiger partial charge on any atom is -0.328 e. The number of aromatic nitrogens is 2. The van der Waals surface area contributed by atoms with Gasteiger partial charge in [0, 0.05) is 25.1 Å². The predicted molar refractivity (Wildman–Crippen MR) is 76.9 cm³/mol. The number of halogens is 1. The lowest BCUT2D eigenvalue weighted by Gasteiger charge is -2.14. The molecule has 0 aliphatic heterocycles. The third kappa shape index (κ3) is 2.95. The summed E-state index contributed by atoms with van der Waals surface area (Å²) < 4.78 is 15.5. The van der Waals surface area contributed by atoms with Crippen molar-refractivity contribution in [2.75, 3.05) is 13.1 Å². The number of nitrogens with one attached hydrogen (secondary N) is 1. The molecule has 0 amide bonds. The molecule has 0 spiro atoms. The van der Waals surface area contributed by atoms with Gasteiger partial charge in [-0.05, 0) is 25.1 Å². The Bertz CT molecular complexity index is 548. The highest BCUT2D eigenvalue weighted by molar-refractivity contribution is 5.76. The molecule has 1 unspecified atom stereocenters. The lowest BCUT2D eigenvalue weighted by atomic mass is 10.1. The molecule has 0 aliphatic carbocycles. The van der Waals surface area contributed by atoms with E-state index < -0.39 is 0 Å². The first-order chi connectivity index (χ1) is 9.17. The van der Waals surface area contributed by atoms with Gasteiger partial charge in [0.25, 0.3) is 0 Å². The summed E-state index contributed by atoms with van der Waals surface area (Å²) >= 11 is 0. The van der Waals surface area contributed by atoms with Crippen LogP contribution < -0.4 is 5.32 Å². The van der Waals surface area contributed by atoms with Gasteiger partial charge < -0.3 is 9.88 Å². The van der Waals surface area contributed by atoms with E-state index in [2.05, 4.69) is 35.6 Å². The Kier molecular flexibility index (Phi) is 4.53. The molecule has 104 valence electrons. The molecule has 1 atom stereocenters. The highest BCUT2D eigenvalue weighted by Gasteiger charge is 2.16. The first-order valence-electron chi connectivity index (χ1n) is 7.03. The van der Waals surface area contributed by atoms with Crippen LogP contribution >= 0.6 is 0 Å². The summed E-state index contributed by atoms with van der Waals surface area (Å²) in [6, 6.07) is 4.86. The van der Waals surface area contributed by atoms with E-state index >= 15 is 0 Å². The molecule has 0 saturated heterocycles. The van der Waals surface area contributed by atoms with Gasteiger partial charge in [-0.25, -0.2) is 9.37 Å². The highest BCUT2D eigenvalue weighted by atomic mass is 19.1. The molecule has 1 aromatic heterocycles. The molecule has 4 heteroatoms. The summed E-state index contributed by atoms with van der Waals surface area (Å²) in [4.78, 5) is 4.63. The molecular formula is C15H22FN3. The summed E-state index contributed by atoms with van der Waals surface area (Å²) in [5.41, 5.74) is 1.79. The number of likely N-dealkylation sites (N-methyl/N-ethyl adjacent to an activating group) is 1. The van der Waals surface area contributed by atoms with Gasteiger partial charge in [0.2, 0.25) is 0 Å². The average Bonchev–Trinajstić information content (AvgIpc) is 2.74. The zero-order valence-electron chi connectivity index (χ0n) is 11.9. The van der Waals surface area contributed by atoms with Crippen LogP contribution in [0.2, 0.25) is 0 Å². The largest absolute Gasteiger partial charge is 0.328 e. The second kappa shape index (κ2) is 6.15. The topological polar surface area (TPSA) is 29.9 Å². The van der Waals surface area contributed by atoms with Crippen LogP contribution in [0.25, 0.3) is 11.0 Å². The predicted octanol–water partition coefficient (Wildman–Crippen LogP) is 3.30. The smallest absolute Gasteiger partial charge is 0.125 e. The number of fused-ring (bicyclic) bond motifs is 1. The number of hydrogen-bond donors (Lipinski definition) is 1. The van der Waals surface area contributed by atoms with E-state index in [0.29, 0.717) is 5.92 Å². The summed E-state index contributed by atoms with van der Waals surface area (Å²) in [5.74, 6) is 1.14. The number of imidazole rings is 1. The Morgan fingerprint density at radius 3 is 2.84 bits per heavy atom. The van der Waals surface area contributed by atoms with Gasteiger partial charge in [-0.2, -0.15) is 0 Å². The van der Waals surface area contributed by atoms with E-state index in [-0.39, 0.29) is 5.82 Å². The summed E-state index contributed by atoms with van der Waals surface area (Å²) in [5, 5.41) is 3.34. The molecule has 1 heterocycles. The van der Waals surface area contributed by atoms with Crippen molar-refractivity contribution in [1.29, 1.82) is 0 Å². The first-order valence-corrected chi connectivity index (χ1v) is 7.03. The summed E-state index contributed by atoms with van der Waals surface area (Å²) in [7, 11) is 0. The fourth-order valence-corrected chi connectivity index (χ4v) is 2.41. The third-order valence-corrected chi connectivity index (χ3v) is 3.33. The van der Waals surface area contributed by atoms with Crippen molar-refractivity contribution in [1.82, 2.24) is 14.9 Å². The normalized spacial score (nSPS) is 13.1. The van der Waals surface area contributed by atoms with Crippen molar-refractivity contribution in [3.63, 3.8) is 0 Å². The van der Waals surface area contributed by atoms with Crippen LogP contribution in [0.4, 0.5) is 4.39 Å². The lowest BCUT2D eigenvalue weighted by molar-refractivity contribution is 0.563. The first kappa shape index (κ1) is 14.0. The minimum atomic E-state index is -0.223. The number of rotatable bonds is 6. The van der Waals surface area contributed by atoms with Crippen LogP contribution in [0.1, 0.15) is 38.9 Å². The van der Waals surface area contributed by atoms with Crippen molar-refractivity contribution >= 4 is 11.0 Å². The monoisotopic (exact) mass is 263 g/mol. The second-order valence-electron chi connectivity index (χ2n) is 4.96. The maximum absolute atomic E-state index is 13.3. The zero-order valence-corrected chi connectivity index (χ0v) is 11.9. The SMILES string of the molecule is CCCn1c(C(C)CNCC)nc2cc(F)ccc21. The van der Waals surface area contributed by atoms with Gasteiger partial charge in [-0.3, -0.25) is 0 Å². The fraction of sp³-hybridized carbons (Fsp3) is 0.533. The maximum atomic E-state index is 13.3. The van der Waals surface area contributed by atoms with Crippen molar-refractivity contribution in [2.24, 2.45) is 0 Å². The Hall–Kier alpha value is -1.42. The number of nitrogens with zero attached hydrogens (tertiary/aromatic N) is 2. The van der Waals surface area contributed by atoms with Gasteiger partial charge in [-0.1, -0.05) is 20.8 Å². The lowest BCUT2D eigenvalue weighted by Crippen LogP contribution is -2.21.